The number of hydrogen-bond donors (Lipinski definition) is 1. The number of carbonyl (C=O) groups excluding carboxylic acids is 1. The third kappa shape index (κ3) is 4.54. The highest BCUT2D eigenvalue weighted by atomic mass is 35.5. The third-order valence-corrected chi connectivity index (χ3v) is 5.61. The normalized spacial score (nSPS) is 15.9. The van der Waals surface area contributed by atoms with Crippen LogP contribution in [0.3, 0.4) is 0 Å². The molecule has 30 heavy (non-hydrogen) atoms. The maximum atomic E-state index is 12.4. The van der Waals surface area contributed by atoms with Gasteiger partial charge in [-0.1, -0.05) is 41.9 Å². The van der Waals surface area contributed by atoms with E-state index in [0.29, 0.717) is 36.8 Å². The Morgan fingerprint density at radius 1 is 1.23 bits per heavy atom. The molecule has 0 bridgehead atoms. The van der Waals surface area contributed by atoms with Gasteiger partial charge >= 0.3 is 0 Å². The molecule has 1 aliphatic heterocycles. The zero-order valence-corrected chi connectivity index (χ0v) is 17.2. The van der Waals surface area contributed by atoms with Crippen LogP contribution in [0.5, 0.6) is 0 Å². The SMILES string of the molecule is N#Cc1ccccc1Cn1cncc1CN(Cc1cccc(Cl)c1)C1CCNC1=O. The first-order valence-corrected chi connectivity index (χ1v) is 10.2. The molecule has 1 aromatic heterocycles. The molecular formula is C23H22ClN5O. The minimum atomic E-state index is -0.196. The van der Waals surface area contributed by atoms with E-state index in [9.17, 15) is 10.1 Å². The quantitative estimate of drug-likeness (QED) is 0.637. The van der Waals surface area contributed by atoms with Crippen molar-refractivity contribution in [2.45, 2.75) is 32.1 Å². The molecule has 1 aliphatic rings. The van der Waals surface area contributed by atoms with Gasteiger partial charge in [0.1, 0.15) is 0 Å². The average molecular weight is 420 g/mol. The van der Waals surface area contributed by atoms with Crippen LogP contribution in [0.15, 0.2) is 61.1 Å². The summed E-state index contributed by atoms with van der Waals surface area (Å²) >= 11 is 6.17. The number of nitrogens with zero attached hydrogens (tertiary/aromatic N) is 4. The van der Waals surface area contributed by atoms with E-state index in [4.69, 9.17) is 11.6 Å². The van der Waals surface area contributed by atoms with E-state index in [1.165, 1.54) is 0 Å². The van der Waals surface area contributed by atoms with Gasteiger partial charge in [0.2, 0.25) is 5.91 Å². The van der Waals surface area contributed by atoms with Crippen LogP contribution in [-0.2, 0) is 24.4 Å². The molecule has 3 aromatic rings. The number of aromatic nitrogens is 2. The lowest BCUT2D eigenvalue weighted by Crippen LogP contribution is -2.40. The maximum absolute atomic E-state index is 12.4. The van der Waals surface area contributed by atoms with Gasteiger partial charge in [-0.3, -0.25) is 9.69 Å². The Bertz CT molecular complexity index is 1090. The molecule has 1 atom stereocenters. The zero-order chi connectivity index (χ0) is 20.9. The molecule has 0 radical (unpaired) electrons. The minimum absolute atomic E-state index is 0.0536. The van der Waals surface area contributed by atoms with Gasteiger partial charge in [-0.2, -0.15) is 5.26 Å². The second-order valence-electron chi connectivity index (χ2n) is 7.41. The van der Waals surface area contributed by atoms with Crippen molar-refractivity contribution in [1.82, 2.24) is 19.8 Å². The van der Waals surface area contributed by atoms with E-state index in [1.54, 1.807) is 6.33 Å². The number of carbonyl (C=O) groups is 1. The van der Waals surface area contributed by atoms with Crippen molar-refractivity contribution in [1.29, 1.82) is 5.26 Å². The van der Waals surface area contributed by atoms with Crippen molar-refractivity contribution in [3.8, 4) is 6.07 Å². The van der Waals surface area contributed by atoms with Crippen molar-refractivity contribution in [3.05, 3.63) is 88.5 Å². The Morgan fingerprint density at radius 2 is 2.10 bits per heavy atom. The lowest BCUT2D eigenvalue weighted by atomic mass is 10.1. The predicted molar refractivity (Wildman–Crippen MR) is 115 cm³/mol. The number of amides is 1. The molecule has 2 heterocycles. The molecule has 2 aromatic carbocycles. The van der Waals surface area contributed by atoms with E-state index < -0.39 is 0 Å². The molecule has 0 saturated carbocycles. The van der Waals surface area contributed by atoms with Crippen LogP contribution >= 0.6 is 11.6 Å². The van der Waals surface area contributed by atoms with Crippen molar-refractivity contribution >= 4 is 17.5 Å². The molecule has 7 heteroatoms. The summed E-state index contributed by atoms with van der Waals surface area (Å²) in [6.45, 7) is 2.42. The van der Waals surface area contributed by atoms with Crippen LogP contribution < -0.4 is 5.32 Å². The van der Waals surface area contributed by atoms with Crippen LogP contribution in [-0.4, -0.2) is 32.9 Å². The largest absolute Gasteiger partial charge is 0.355 e. The second kappa shape index (κ2) is 9.12. The molecular weight excluding hydrogens is 398 g/mol. The molecule has 6 nitrogen and oxygen atoms in total. The number of nitrogens with one attached hydrogen (secondary N) is 1. The van der Waals surface area contributed by atoms with Gasteiger partial charge in [0.15, 0.2) is 0 Å². The fraction of sp³-hybridized carbons (Fsp3) is 0.261. The van der Waals surface area contributed by atoms with E-state index in [1.807, 2.05) is 59.3 Å². The Kier molecular flexibility index (Phi) is 6.12. The highest BCUT2D eigenvalue weighted by molar-refractivity contribution is 6.30. The summed E-state index contributed by atoms with van der Waals surface area (Å²) in [6, 6.07) is 17.3. The number of halogens is 1. The van der Waals surface area contributed by atoms with Gasteiger partial charge in [0, 0.05) is 30.9 Å². The Labute approximate surface area is 180 Å². The topological polar surface area (TPSA) is 74.0 Å². The number of imidazole rings is 1. The summed E-state index contributed by atoms with van der Waals surface area (Å²) in [7, 11) is 0. The van der Waals surface area contributed by atoms with Gasteiger partial charge in [-0.15, -0.1) is 0 Å². The van der Waals surface area contributed by atoms with Crippen molar-refractivity contribution < 1.29 is 4.79 Å². The third-order valence-electron chi connectivity index (χ3n) is 5.38. The first kappa shape index (κ1) is 20.1. The number of hydrogen-bond acceptors (Lipinski definition) is 4. The molecule has 1 amide bonds. The summed E-state index contributed by atoms with van der Waals surface area (Å²) < 4.78 is 2.04. The van der Waals surface area contributed by atoms with Gasteiger partial charge in [-0.05, 0) is 35.7 Å². The molecule has 1 N–H and O–H groups in total. The van der Waals surface area contributed by atoms with E-state index >= 15 is 0 Å². The highest BCUT2D eigenvalue weighted by Gasteiger charge is 2.31. The van der Waals surface area contributed by atoms with Gasteiger partial charge in [0.05, 0.1) is 36.2 Å². The second-order valence-corrected chi connectivity index (χ2v) is 7.85. The van der Waals surface area contributed by atoms with E-state index in [0.717, 1.165) is 23.2 Å². The fourth-order valence-electron chi connectivity index (χ4n) is 3.86. The van der Waals surface area contributed by atoms with Crippen LogP contribution in [0.25, 0.3) is 0 Å². The van der Waals surface area contributed by atoms with Crippen LogP contribution in [0.1, 0.15) is 28.8 Å². The zero-order valence-electron chi connectivity index (χ0n) is 16.5. The molecule has 0 spiro atoms. The first-order valence-electron chi connectivity index (χ1n) is 9.87. The predicted octanol–water partition coefficient (Wildman–Crippen LogP) is 3.35. The van der Waals surface area contributed by atoms with Crippen LogP contribution in [0.4, 0.5) is 0 Å². The lowest BCUT2D eigenvalue weighted by molar-refractivity contribution is -0.124. The molecule has 1 fully saturated rings. The summed E-state index contributed by atoms with van der Waals surface area (Å²) in [5, 5.41) is 13.0. The fourth-order valence-corrected chi connectivity index (χ4v) is 4.07. The van der Waals surface area contributed by atoms with Crippen LogP contribution in [0.2, 0.25) is 5.02 Å². The number of nitriles is 1. The monoisotopic (exact) mass is 419 g/mol. The summed E-state index contributed by atoms with van der Waals surface area (Å²) in [4.78, 5) is 18.9. The smallest absolute Gasteiger partial charge is 0.237 e. The standard InChI is InChI=1S/C23H22ClN5O/c24-20-7-3-4-17(10-20)13-28(22-8-9-27-23(22)30)15-21-12-26-16-29(21)14-19-6-2-1-5-18(19)11-25/h1-7,10,12,16,22H,8-9,13-15H2,(H,27,30). The molecule has 1 saturated heterocycles. The Balaban J connectivity index is 1.58. The summed E-state index contributed by atoms with van der Waals surface area (Å²) in [5.74, 6) is 0.0536. The first-order chi connectivity index (χ1) is 14.6. The van der Waals surface area contributed by atoms with Crippen molar-refractivity contribution in [2.75, 3.05) is 6.54 Å². The molecule has 1 unspecified atom stereocenters. The van der Waals surface area contributed by atoms with Gasteiger partial charge in [0.25, 0.3) is 0 Å². The summed E-state index contributed by atoms with van der Waals surface area (Å²) in [6.07, 6.45) is 4.37. The minimum Gasteiger partial charge on any atom is -0.355 e. The Hall–Kier alpha value is -3.14. The Morgan fingerprint density at radius 3 is 2.87 bits per heavy atom. The van der Waals surface area contributed by atoms with E-state index in [2.05, 4.69) is 21.3 Å². The molecule has 4 rings (SSSR count). The summed E-state index contributed by atoms with van der Waals surface area (Å²) in [5.41, 5.74) is 3.65. The number of benzene rings is 2. The van der Waals surface area contributed by atoms with E-state index in [-0.39, 0.29) is 11.9 Å². The number of rotatable bonds is 7. The lowest BCUT2D eigenvalue weighted by Gasteiger charge is -2.27. The average Bonchev–Trinajstić information content (AvgIpc) is 3.36. The molecule has 0 aliphatic carbocycles. The molecule has 152 valence electrons. The van der Waals surface area contributed by atoms with Gasteiger partial charge < -0.3 is 9.88 Å². The maximum Gasteiger partial charge on any atom is 0.237 e. The van der Waals surface area contributed by atoms with Gasteiger partial charge in [-0.25, -0.2) is 4.98 Å². The van der Waals surface area contributed by atoms with Crippen molar-refractivity contribution in [3.63, 3.8) is 0 Å². The van der Waals surface area contributed by atoms with Crippen LogP contribution in [0, 0.1) is 11.3 Å². The highest BCUT2D eigenvalue weighted by Crippen LogP contribution is 2.20. The van der Waals surface area contributed by atoms with Crippen molar-refractivity contribution in [2.24, 2.45) is 0 Å².